The van der Waals surface area contributed by atoms with E-state index in [0.29, 0.717) is 13.1 Å². The van der Waals surface area contributed by atoms with E-state index in [-0.39, 0.29) is 5.82 Å². The Balaban J connectivity index is 1.31. The van der Waals surface area contributed by atoms with Crippen molar-refractivity contribution >= 4 is 5.69 Å². The van der Waals surface area contributed by atoms with Gasteiger partial charge < -0.3 is 9.64 Å². The third-order valence-corrected chi connectivity index (χ3v) is 6.41. The summed E-state index contributed by atoms with van der Waals surface area (Å²) >= 11 is 0. The number of hydrogen-bond acceptors (Lipinski definition) is 5. The van der Waals surface area contributed by atoms with Crippen LogP contribution in [0.4, 0.5) is 10.1 Å². The van der Waals surface area contributed by atoms with Crippen LogP contribution < -0.4 is 9.64 Å². The van der Waals surface area contributed by atoms with E-state index < -0.39 is 0 Å². The van der Waals surface area contributed by atoms with Crippen LogP contribution in [0.5, 0.6) is 5.75 Å². The Morgan fingerprint density at radius 3 is 2.31 bits per heavy atom. The molecule has 0 unspecified atom stereocenters. The number of halogens is 1. The van der Waals surface area contributed by atoms with Crippen LogP contribution in [-0.2, 0) is 13.1 Å². The van der Waals surface area contributed by atoms with E-state index in [0.717, 1.165) is 54.7 Å². The highest BCUT2D eigenvalue weighted by Gasteiger charge is 2.20. The molecule has 4 aromatic rings. The van der Waals surface area contributed by atoms with Gasteiger partial charge in [0.05, 0.1) is 20.2 Å². The Bertz CT molecular complexity index is 1260. The summed E-state index contributed by atoms with van der Waals surface area (Å²) in [4.78, 5) is 9.73. The SMILES string of the molecule is COc1ccc(N2CCN(Cc3nc(-c4cccc(C)c4)n(Cc4ccc(F)cc4)n3)CC2)cc1. The average Bonchev–Trinajstić information content (AvgIpc) is 3.28. The van der Waals surface area contributed by atoms with Gasteiger partial charge in [0.2, 0.25) is 0 Å². The Morgan fingerprint density at radius 2 is 1.63 bits per heavy atom. The van der Waals surface area contributed by atoms with Crippen molar-refractivity contribution in [1.29, 1.82) is 0 Å². The van der Waals surface area contributed by atoms with Crippen LogP contribution in [-0.4, -0.2) is 53.0 Å². The number of anilines is 1. The quantitative estimate of drug-likeness (QED) is 0.389. The fourth-order valence-electron chi connectivity index (χ4n) is 4.48. The molecule has 1 fully saturated rings. The van der Waals surface area contributed by atoms with Crippen molar-refractivity contribution in [1.82, 2.24) is 19.7 Å². The number of aryl methyl sites for hydroxylation is 1. The molecule has 0 N–H and O–H groups in total. The first-order valence-corrected chi connectivity index (χ1v) is 11.9. The highest BCUT2D eigenvalue weighted by atomic mass is 19.1. The van der Waals surface area contributed by atoms with Crippen LogP contribution in [0, 0.1) is 12.7 Å². The zero-order chi connectivity index (χ0) is 24.2. The maximum atomic E-state index is 13.4. The summed E-state index contributed by atoms with van der Waals surface area (Å²) in [5.41, 5.74) is 4.42. The first-order valence-electron chi connectivity index (χ1n) is 11.9. The molecule has 1 aliphatic rings. The molecule has 7 heteroatoms. The summed E-state index contributed by atoms with van der Waals surface area (Å²) in [6.45, 7) is 7.11. The monoisotopic (exact) mass is 471 g/mol. The number of aromatic nitrogens is 3. The van der Waals surface area contributed by atoms with E-state index in [9.17, 15) is 4.39 Å². The van der Waals surface area contributed by atoms with E-state index in [4.69, 9.17) is 14.8 Å². The molecule has 0 radical (unpaired) electrons. The smallest absolute Gasteiger partial charge is 0.165 e. The fourth-order valence-corrected chi connectivity index (χ4v) is 4.48. The third kappa shape index (κ3) is 5.52. The van der Waals surface area contributed by atoms with Crippen molar-refractivity contribution in [3.63, 3.8) is 0 Å². The van der Waals surface area contributed by atoms with Crippen LogP contribution >= 0.6 is 0 Å². The third-order valence-electron chi connectivity index (χ3n) is 6.41. The molecule has 0 bridgehead atoms. The fraction of sp³-hybridized carbons (Fsp3) is 0.286. The molecule has 6 nitrogen and oxygen atoms in total. The predicted molar refractivity (Wildman–Crippen MR) is 136 cm³/mol. The van der Waals surface area contributed by atoms with E-state index in [1.807, 2.05) is 22.9 Å². The molecule has 1 saturated heterocycles. The standard InChI is InChI=1S/C28H30FN5O/c1-21-4-3-5-23(18-21)28-30-27(31-34(28)19-22-6-8-24(29)9-7-22)20-32-14-16-33(17-15-32)25-10-12-26(35-2)13-11-25/h3-13,18H,14-17,19-20H2,1-2H3. The predicted octanol–water partition coefficient (Wildman–Crippen LogP) is 4.77. The Hall–Kier alpha value is -3.71. The lowest BCUT2D eigenvalue weighted by atomic mass is 10.1. The zero-order valence-electron chi connectivity index (χ0n) is 20.2. The van der Waals surface area contributed by atoms with Crippen molar-refractivity contribution < 1.29 is 9.13 Å². The average molecular weight is 472 g/mol. The summed E-state index contributed by atoms with van der Waals surface area (Å²) in [6, 6.07) is 23.1. The number of rotatable bonds is 7. The van der Waals surface area contributed by atoms with Crippen LogP contribution in [0.25, 0.3) is 11.4 Å². The van der Waals surface area contributed by atoms with Gasteiger partial charge in [0.25, 0.3) is 0 Å². The Labute approximate surface area is 205 Å². The molecule has 0 amide bonds. The number of methoxy groups -OCH3 is 1. The molecule has 0 spiro atoms. The van der Waals surface area contributed by atoms with Crippen LogP contribution in [0.15, 0.2) is 72.8 Å². The van der Waals surface area contributed by atoms with Gasteiger partial charge in [0.15, 0.2) is 11.6 Å². The molecular formula is C28H30FN5O. The second kappa shape index (κ2) is 10.3. The highest BCUT2D eigenvalue weighted by Crippen LogP contribution is 2.23. The van der Waals surface area contributed by atoms with E-state index >= 15 is 0 Å². The summed E-state index contributed by atoms with van der Waals surface area (Å²) in [5.74, 6) is 2.28. The maximum absolute atomic E-state index is 13.4. The number of hydrogen-bond donors (Lipinski definition) is 0. The number of ether oxygens (including phenoxy) is 1. The van der Waals surface area contributed by atoms with E-state index in [2.05, 4.69) is 47.1 Å². The second-order valence-corrected chi connectivity index (χ2v) is 8.97. The molecule has 180 valence electrons. The van der Waals surface area contributed by atoms with Crippen molar-refractivity contribution in [3.8, 4) is 17.1 Å². The highest BCUT2D eigenvalue weighted by molar-refractivity contribution is 5.56. The molecule has 1 aliphatic heterocycles. The lowest BCUT2D eigenvalue weighted by molar-refractivity contribution is 0.244. The largest absolute Gasteiger partial charge is 0.497 e. The number of benzene rings is 3. The first-order chi connectivity index (χ1) is 17.1. The minimum Gasteiger partial charge on any atom is -0.497 e. The minimum absolute atomic E-state index is 0.235. The minimum atomic E-state index is -0.235. The summed E-state index contributed by atoms with van der Waals surface area (Å²) in [7, 11) is 1.69. The first kappa shape index (κ1) is 23.1. The van der Waals surface area contributed by atoms with Gasteiger partial charge >= 0.3 is 0 Å². The van der Waals surface area contributed by atoms with Gasteiger partial charge in [0.1, 0.15) is 11.6 Å². The van der Waals surface area contributed by atoms with Crippen molar-refractivity contribution in [2.24, 2.45) is 0 Å². The Morgan fingerprint density at radius 1 is 0.886 bits per heavy atom. The molecule has 35 heavy (non-hydrogen) atoms. The van der Waals surface area contributed by atoms with Gasteiger partial charge in [-0.3, -0.25) is 4.90 Å². The van der Waals surface area contributed by atoms with Gasteiger partial charge in [-0.1, -0.05) is 35.9 Å². The van der Waals surface area contributed by atoms with Crippen molar-refractivity contribution in [2.75, 3.05) is 38.2 Å². The second-order valence-electron chi connectivity index (χ2n) is 8.97. The van der Waals surface area contributed by atoms with Crippen molar-refractivity contribution in [2.45, 2.75) is 20.0 Å². The molecule has 0 saturated carbocycles. The lowest BCUT2D eigenvalue weighted by Crippen LogP contribution is -2.46. The van der Waals surface area contributed by atoms with Gasteiger partial charge in [-0.05, 0) is 55.0 Å². The van der Waals surface area contributed by atoms with E-state index in [1.165, 1.54) is 23.4 Å². The summed E-state index contributed by atoms with van der Waals surface area (Å²) in [6.07, 6.45) is 0. The number of piperazine rings is 1. The van der Waals surface area contributed by atoms with Crippen LogP contribution in [0.3, 0.4) is 0 Å². The molecule has 0 aliphatic carbocycles. The van der Waals surface area contributed by atoms with Crippen LogP contribution in [0.1, 0.15) is 17.0 Å². The number of nitrogens with zero attached hydrogens (tertiary/aromatic N) is 5. The van der Waals surface area contributed by atoms with Gasteiger partial charge in [0, 0.05) is 37.4 Å². The van der Waals surface area contributed by atoms with Gasteiger partial charge in [-0.2, -0.15) is 5.10 Å². The zero-order valence-corrected chi connectivity index (χ0v) is 20.2. The molecule has 2 heterocycles. The molecule has 1 aromatic heterocycles. The summed E-state index contributed by atoms with van der Waals surface area (Å²) in [5, 5.41) is 4.87. The Kier molecular flexibility index (Phi) is 6.77. The normalized spacial score (nSPS) is 14.3. The van der Waals surface area contributed by atoms with Crippen LogP contribution in [0.2, 0.25) is 0 Å². The summed E-state index contributed by atoms with van der Waals surface area (Å²) < 4.78 is 20.6. The molecule has 3 aromatic carbocycles. The molecule has 5 rings (SSSR count). The van der Waals surface area contributed by atoms with E-state index in [1.54, 1.807) is 19.2 Å². The van der Waals surface area contributed by atoms with Gasteiger partial charge in [-0.15, -0.1) is 0 Å². The topological polar surface area (TPSA) is 46.4 Å². The van der Waals surface area contributed by atoms with Gasteiger partial charge in [-0.25, -0.2) is 14.1 Å². The lowest BCUT2D eigenvalue weighted by Gasteiger charge is -2.35. The van der Waals surface area contributed by atoms with Crippen molar-refractivity contribution in [3.05, 3.63) is 95.6 Å². The molecular weight excluding hydrogens is 441 g/mol. The molecule has 0 atom stereocenters. The maximum Gasteiger partial charge on any atom is 0.165 e.